The van der Waals surface area contributed by atoms with Gasteiger partial charge in [-0.1, -0.05) is 25.1 Å². The summed E-state index contributed by atoms with van der Waals surface area (Å²) in [6, 6.07) is 9.73. The summed E-state index contributed by atoms with van der Waals surface area (Å²) in [5.74, 6) is 0.0887. The predicted octanol–water partition coefficient (Wildman–Crippen LogP) is 2.84. The van der Waals surface area contributed by atoms with Gasteiger partial charge in [0.05, 0.1) is 5.56 Å². The molecule has 21 heavy (non-hydrogen) atoms. The minimum absolute atomic E-state index is 0.0887. The Morgan fingerprint density at radius 2 is 2.05 bits per heavy atom. The molecule has 1 aromatic carbocycles. The maximum Gasteiger partial charge on any atom is 0.257 e. The van der Waals surface area contributed by atoms with Crippen LogP contribution < -0.4 is 5.56 Å². The summed E-state index contributed by atoms with van der Waals surface area (Å²) in [6.45, 7) is 2.48. The molecule has 0 aliphatic heterocycles. The minimum Gasteiger partial charge on any atom is -0.507 e. The Labute approximate surface area is 122 Å². The average molecular weight is 282 g/mol. The Hall–Kier alpha value is -2.49. The van der Waals surface area contributed by atoms with Crippen LogP contribution in [0.2, 0.25) is 0 Å². The smallest absolute Gasteiger partial charge is 0.257 e. The molecule has 0 spiro atoms. The van der Waals surface area contributed by atoms with E-state index in [1.807, 2.05) is 31.3 Å². The number of rotatable bonds is 4. The minimum atomic E-state index is -0.0997. The van der Waals surface area contributed by atoms with E-state index in [-0.39, 0.29) is 11.3 Å². The number of pyridine rings is 1. The van der Waals surface area contributed by atoms with Crippen LogP contribution in [-0.4, -0.2) is 14.7 Å². The fraction of sp³-hybridized carbons (Fsp3) is 0.235. The molecule has 2 heterocycles. The van der Waals surface area contributed by atoms with Crippen LogP contribution in [0.1, 0.15) is 18.1 Å². The van der Waals surface area contributed by atoms with Crippen LogP contribution >= 0.6 is 0 Å². The van der Waals surface area contributed by atoms with Crippen molar-refractivity contribution in [3.63, 3.8) is 0 Å². The van der Waals surface area contributed by atoms with E-state index in [2.05, 4.69) is 11.1 Å². The third-order valence-electron chi connectivity index (χ3n) is 3.89. The third kappa shape index (κ3) is 2.44. The topological polar surface area (TPSA) is 58.0 Å². The van der Waals surface area contributed by atoms with E-state index in [1.165, 1.54) is 10.9 Å². The summed E-state index contributed by atoms with van der Waals surface area (Å²) >= 11 is 0. The lowest BCUT2D eigenvalue weighted by Gasteiger charge is -2.08. The van der Waals surface area contributed by atoms with Crippen molar-refractivity contribution in [2.24, 2.45) is 0 Å². The van der Waals surface area contributed by atoms with Crippen LogP contribution in [0.3, 0.4) is 0 Å². The molecule has 0 saturated heterocycles. The number of para-hydroxylation sites is 1. The van der Waals surface area contributed by atoms with Gasteiger partial charge in [0, 0.05) is 29.8 Å². The van der Waals surface area contributed by atoms with E-state index in [0.717, 1.165) is 11.9 Å². The molecule has 108 valence electrons. The van der Waals surface area contributed by atoms with Gasteiger partial charge in [-0.05, 0) is 30.5 Å². The first-order chi connectivity index (χ1) is 10.2. The lowest BCUT2D eigenvalue weighted by atomic mass is 10.1. The zero-order valence-corrected chi connectivity index (χ0v) is 12.0. The zero-order valence-electron chi connectivity index (χ0n) is 12.0. The molecule has 2 N–H and O–H groups in total. The number of fused-ring (bicyclic) bond motifs is 1. The number of nitrogens with one attached hydrogen (secondary N) is 1. The van der Waals surface area contributed by atoms with Crippen molar-refractivity contribution < 1.29 is 5.11 Å². The number of nitrogens with zero attached hydrogens (tertiary/aromatic N) is 1. The SMILES string of the molecule is CCc1c(O)ccn(CCc2c[nH]c3ccccc23)c1=O. The number of hydrogen-bond acceptors (Lipinski definition) is 2. The summed E-state index contributed by atoms with van der Waals surface area (Å²) < 4.78 is 1.67. The van der Waals surface area contributed by atoms with Gasteiger partial charge in [0.1, 0.15) is 5.75 Å². The number of H-pyrrole nitrogens is 1. The molecule has 3 aromatic rings. The van der Waals surface area contributed by atoms with E-state index in [9.17, 15) is 9.90 Å². The molecule has 4 nitrogen and oxygen atoms in total. The molecule has 4 heteroatoms. The third-order valence-corrected chi connectivity index (χ3v) is 3.89. The molecule has 0 radical (unpaired) electrons. The summed E-state index contributed by atoms with van der Waals surface area (Å²) in [5.41, 5.74) is 2.69. The fourth-order valence-corrected chi connectivity index (χ4v) is 2.70. The highest BCUT2D eigenvalue weighted by Gasteiger charge is 2.08. The van der Waals surface area contributed by atoms with Gasteiger partial charge in [-0.25, -0.2) is 0 Å². The van der Waals surface area contributed by atoms with Crippen molar-refractivity contribution in [3.05, 3.63) is 64.2 Å². The Morgan fingerprint density at radius 3 is 2.86 bits per heavy atom. The highest BCUT2D eigenvalue weighted by atomic mass is 16.3. The van der Waals surface area contributed by atoms with Crippen LogP contribution in [0.25, 0.3) is 10.9 Å². The van der Waals surface area contributed by atoms with Gasteiger partial charge >= 0.3 is 0 Å². The second-order valence-electron chi connectivity index (χ2n) is 5.14. The second kappa shape index (κ2) is 5.48. The van der Waals surface area contributed by atoms with E-state index in [0.29, 0.717) is 18.5 Å². The molecule has 0 aliphatic rings. The summed E-state index contributed by atoms with van der Waals surface area (Å²) in [4.78, 5) is 15.5. The van der Waals surface area contributed by atoms with Crippen LogP contribution in [-0.2, 0) is 19.4 Å². The molecule has 0 saturated carbocycles. The number of aromatic hydroxyl groups is 1. The normalized spacial score (nSPS) is 11.1. The van der Waals surface area contributed by atoms with Crippen molar-refractivity contribution in [2.75, 3.05) is 0 Å². The van der Waals surface area contributed by atoms with Gasteiger partial charge in [-0.15, -0.1) is 0 Å². The molecule has 3 rings (SSSR count). The molecule has 0 atom stereocenters. The van der Waals surface area contributed by atoms with Crippen LogP contribution in [0, 0.1) is 0 Å². The summed E-state index contributed by atoms with van der Waals surface area (Å²) in [5, 5.41) is 10.9. The second-order valence-corrected chi connectivity index (χ2v) is 5.14. The number of hydrogen-bond donors (Lipinski definition) is 2. The molecule has 0 amide bonds. The van der Waals surface area contributed by atoms with Crippen LogP contribution in [0.4, 0.5) is 0 Å². The Balaban J connectivity index is 1.87. The summed E-state index contributed by atoms with van der Waals surface area (Å²) in [7, 11) is 0. The van der Waals surface area contributed by atoms with Gasteiger partial charge in [0.15, 0.2) is 0 Å². The van der Waals surface area contributed by atoms with E-state index in [1.54, 1.807) is 16.8 Å². The molecule has 0 unspecified atom stereocenters. The Kier molecular flexibility index (Phi) is 3.52. The number of aryl methyl sites for hydroxylation is 2. The van der Waals surface area contributed by atoms with Gasteiger partial charge in [0.2, 0.25) is 0 Å². The van der Waals surface area contributed by atoms with Crippen molar-refractivity contribution in [3.8, 4) is 5.75 Å². The van der Waals surface area contributed by atoms with E-state index in [4.69, 9.17) is 0 Å². The predicted molar refractivity (Wildman–Crippen MR) is 83.7 cm³/mol. The largest absolute Gasteiger partial charge is 0.507 e. The number of aromatic nitrogens is 2. The van der Waals surface area contributed by atoms with E-state index < -0.39 is 0 Å². The average Bonchev–Trinajstić information content (AvgIpc) is 2.90. The highest BCUT2D eigenvalue weighted by molar-refractivity contribution is 5.82. The molecule has 2 aromatic heterocycles. The summed E-state index contributed by atoms with van der Waals surface area (Å²) in [6.07, 6.45) is 4.97. The maximum atomic E-state index is 12.2. The highest BCUT2D eigenvalue weighted by Crippen LogP contribution is 2.18. The van der Waals surface area contributed by atoms with Crippen molar-refractivity contribution in [1.29, 1.82) is 0 Å². The van der Waals surface area contributed by atoms with Crippen molar-refractivity contribution >= 4 is 10.9 Å². The number of aromatic amines is 1. The monoisotopic (exact) mass is 282 g/mol. The fourth-order valence-electron chi connectivity index (χ4n) is 2.70. The van der Waals surface area contributed by atoms with Crippen molar-refractivity contribution in [1.82, 2.24) is 9.55 Å². The molecule has 0 bridgehead atoms. The molecule has 0 fully saturated rings. The molecular weight excluding hydrogens is 264 g/mol. The first-order valence-electron chi connectivity index (χ1n) is 7.17. The first kappa shape index (κ1) is 13.5. The van der Waals surface area contributed by atoms with Gasteiger partial charge in [0.25, 0.3) is 5.56 Å². The Morgan fingerprint density at radius 1 is 1.24 bits per heavy atom. The zero-order chi connectivity index (χ0) is 14.8. The number of benzene rings is 1. The van der Waals surface area contributed by atoms with Gasteiger partial charge < -0.3 is 14.7 Å². The quantitative estimate of drug-likeness (QED) is 0.773. The van der Waals surface area contributed by atoms with E-state index >= 15 is 0 Å². The van der Waals surface area contributed by atoms with Gasteiger partial charge in [-0.3, -0.25) is 4.79 Å². The first-order valence-corrected chi connectivity index (χ1v) is 7.17. The lowest BCUT2D eigenvalue weighted by Crippen LogP contribution is -2.23. The van der Waals surface area contributed by atoms with Crippen molar-refractivity contribution in [2.45, 2.75) is 26.3 Å². The lowest BCUT2D eigenvalue weighted by molar-refractivity contribution is 0.462. The van der Waals surface area contributed by atoms with Crippen LogP contribution in [0.5, 0.6) is 5.75 Å². The van der Waals surface area contributed by atoms with Crippen LogP contribution in [0.15, 0.2) is 47.5 Å². The Bertz CT molecular complexity index is 830. The molecule has 0 aliphatic carbocycles. The van der Waals surface area contributed by atoms with Gasteiger partial charge in [-0.2, -0.15) is 0 Å². The maximum absolute atomic E-state index is 12.2. The standard InChI is InChI=1S/C17H18N2O2/c1-2-13-16(20)8-10-19(17(13)21)9-7-12-11-18-15-6-4-3-5-14(12)15/h3-6,8,10-11,18,20H,2,7,9H2,1H3. The molecular formula is C17H18N2O2.